The summed E-state index contributed by atoms with van der Waals surface area (Å²) in [6.07, 6.45) is 8.95. The van der Waals surface area contributed by atoms with Crippen LogP contribution in [-0.2, 0) is 4.74 Å². The van der Waals surface area contributed by atoms with Gasteiger partial charge < -0.3 is 9.72 Å². The topological polar surface area (TPSA) is 42.1 Å². The van der Waals surface area contributed by atoms with Gasteiger partial charge in [0.05, 0.1) is 6.61 Å². The van der Waals surface area contributed by atoms with Crippen molar-refractivity contribution in [1.29, 1.82) is 0 Å². The average Bonchev–Trinajstić information content (AvgIpc) is 2.81. The fraction of sp³-hybridized carbons (Fsp3) is 0.615. The summed E-state index contributed by atoms with van der Waals surface area (Å²) < 4.78 is 5.12. The van der Waals surface area contributed by atoms with Gasteiger partial charge in [0.25, 0.3) is 0 Å². The zero-order valence-corrected chi connectivity index (χ0v) is 10.00. The maximum atomic E-state index is 11.4. The number of carbonyl (C=O) groups excluding carboxylic acids is 1. The number of hydrogen-bond donors (Lipinski definition) is 1. The van der Waals surface area contributed by atoms with Crippen molar-refractivity contribution < 1.29 is 9.53 Å². The highest BCUT2D eigenvalue weighted by Gasteiger charge is 2.05. The molecule has 0 radical (unpaired) electrons. The summed E-state index contributed by atoms with van der Waals surface area (Å²) in [7, 11) is 0. The van der Waals surface area contributed by atoms with Crippen LogP contribution in [0.4, 0.5) is 0 Å². The molecule has 0 aliphatic heterocycles. The highest BCUT2D eigenvalue weighted by molar-refractivity contribution is 5.87. The first kappa shape index (κ1) is 12.8. The molecule has 1 aromatic heterocycles. The summed E-state index contributed by atoms with van der Waals surface area (Å²) >= 11 is 0. The van der Waals surface area contributed by atoms with Crippen LogP contribution in [0.15, 0.2) is 18.3 Å². The van der Waals surface area contributed by atoms with Crippen LogP contribution >= 0.6 is 0 Å². The molecule has 0 saturated heterocycles. The van der Waals surface area contributed by atoms with Crippen molar-refractivity contribution in [2.24, 2.45) is 0 Å². The van der Waals surface area contributed by atoms with Gasteiger partial charge >= 0.3 is 5.97 Å². The van der Waals surface area contributed by atoms with E-state index in [1.807, 2.05) is 0 Å². The van der Waals surface area contributed by atoms with Gasteiger partial charge in [0.1, 0.15) is 5.69 Å². The Labute approximate surface area is 97.2 Å². The highest BCUT2D eigenvalue weighted by atomic mass is 16.5. The van der Waals surface area contributed by atoms with Gasteiger partial charge in [-0.3, -0.25) is 0 Å². The van der Waals surface area contributed by atoms with E-state index in [1.165, 1.54) is 25.7 Å². The number of carbonyl (C=O) groups is 1. The van der Waals surface area contributed by atoms with E-state index >= 15 is 0 Å². The Balaban J connectivity index is 1.97. The van der Waals surface area contributed by atoms with Gasteiger partial charge in [0, 0.05) is 6.20 Å². The van der Waals surface area contributed by atoms with Crippen LogP contribution in [0.25, 0.3) is 0 Å². The van der Waals surface area contributed by atoms with Gasteiger partial charge in [-0.15, -0.1) is 0 Å². The molecule has 1 N–H and O–H groups in total. The SMILES string of the molecule is CCCCCCCCOC(=O)c1ccc[nH]1. The second-order valence-electron chi connectivity index (χ2n) is 3.99. The van der Waals surface area contributed by atoms with Crippen molar-refractivity contribution in [3.63, 3.8) is 0 Å². The van der Waals surface area contributed by atoms with Crippen LogP contribution < -0.4 is 0 Å². The third-order valence-corrected chi connectivity index (χ3v) is 2.55. The molecule has 0 amide bonds. The minimum atomic E-state index is -0.251. The standard InChI is InChI=1S/C13H21NO2/c1-2-3-4-5-6-7-11-16-13(15)12-9-8-10-14-12/h8-10,14H,2-7,11H2,1H3. The van der Waals surface area contributed by atoms with Crippen LogP contribution in [0.3, 0.4) is 0 Å². The number of H-pyrrole nitrogens is 1. The minimum absolute atomic E-state index is 0.251. The third kappa shape index (κ3) is 5.01. The average molecular weight is 223 g/mol. The highest BCUT2D eigenvalue weighted by Crippen LogP contribution is 2.05. The number of hydrogen-bond acceptors (Lipinski definition) is 2. The van der Waals surface area contributed by atoms with E-state index in [0.29, 0.717) is 12.3 Å². The van der Waals surface area contributed by atoms with Crippen LogP contribution in [0.1, 0.15) is 55.9 Å². The Morgan fingerprint density at radius 2 is 2.00 bits per heavy atom. The predicted octanol–water partition coefficient (Wildman–Crippen LogP) is 3.53. The van der Waals surface area contributed by atoms with E-state index in [9.17, 15) is 4.79 Å². The predicted molar refractivity (Wildman–Crippen MR) is 64.5 cm³/mol. The summed E-state index contributed by atoms with van der Waals surface area (Å²) in [6.45, 7) is 2.74. The van der Waals surface area contributed by atoms with Gasteiger partial charge in [0.2, 0.25) is 0 Å². The van der Waals surface area contributed by atoms with E-state index in [0.717, 1.165) is 12.8 Å². The van der Waals surface area contributed by atoms with E-state index in [1.54, 1.807) is 18.3 Å². The number of rotatable bonds is 8. The molecular formula is C13H21NO2. The van der Waals surface area contributed by atoms with Crippen LogP contribution in [0.5, 0.6) is 0 Å². The van der Waals surface area contributed by atoms with E-state index in [-0.39, 0.29) is 5.97 Å². The normalized spacial score (nSPS) is 10.3. The molecule has 0 saturated carbocycles. The summed E-state index contributed by atoms with van der Waals surface area (Å²) in [5.74, 6) is -0.251. The van der Waals surface area contributed by atoms with Crippen LogP contribution in [-0.4, -0.2) is 17.6 Å². The first-order valence-electron chi connectivity index (χ1n) is 6.15. The molecular weight excluding hydrogens is 202 g/mol. The lowest BCUT2D eigenvalue weighted by Crippen LogP contribution is -2.06. The van der Waals surface area contributed by atoms with Gasteiger partial charge in [-0.25, -0.2) is 4.79 Å². The number of unbranched alkanes of at least 4 members (excludes halogenated alkanes) is 5. The summed E-state index contributed by atoms with van der Waals surface area (Å²) in [4.78, 5) is 14.2. The molecule has 16 heavy (non-hydrogen) atoms. The maximum Gasteiger partial charge on any atom is 0.354 e. The molecule has 0 aromatic carbocycles. The largest absolute Gasteiger partial charge is 0.461 e. The zero-order chi connectivity index (χ0) is 11.6. The number of esters is 1. The molecule has 1 rings (SSSR count). The molecule has 0 unspecified atom stereocenters. The Hall–Kier alpha value is -1.25. The fourth-order valence-electron chi connectivity index (χ4n) is 1.58. The zero-order valence-electron chi connectivity index (χ0n) is 10.00. The van der Waals surface area contributed by atoms with Gasteiger partial charge in [-0.1, -0.05) is 39.0 Å². The first-order chi connectivity index (χ1) is 7.84. The Kier molecular flexibility index (Phi) is 6.38. The number of nitrogens with one attached hydrogen (secondary N) is 1. The second kappa shape index (κ2) is 7.97. The molecule has 0 bridgehead atoms. The van der Waals surface area contributed by atoms with Crippen molar-refractivity contribution >= 4 is 5.97 Å². The smallest absolute Gasteiger partial charge is 0.354 e. The molecule has 0 atom stereocenters. The van der Waals surface area contributed by atoms with Gasteiger partial charge in [-0.2, -0.15) is 0 Å². The molecule has 3 heteroatoms. The lowest BCUT2D eigenvalue weighted by atomic mass is 10.1. The Morgan fingerprint density at radius 3 is 2.69 bits per heavy atom. The minimum Gasteiger partial charge on any atom is -0.461 e. The molecule has 90 valence electrons. The molecule has 1 aromatic rings. The number of aromatic nitrogens is 1. The van der Waals surface area contributed by atoms with Gasteiger partial charge in [0.15, 0.2) is 0 Å². The first-order valence-corrected chi connectivity index (χ1v) is 6.15. The molecule has 3 nitrogen and oxygen atoms in total. The summed E-state index contributed by atoms with van der Waals surface area (Å²) in [5.41, 5.74) is 0.533. The molecule has 1 heterocycles. The summed E-state index contributed by atoms with van der Waals surface area (Å²) in [5, 5.41) is 0. The Morgan fingerprint density at radius 1 is 1.25 bits per heavy atom. The number of aromatic amines is 1. The van der Waals surface area contributed by atoms with Crippen molar-refractivity contribution in [3.05, 3.63) is 24.0 Å². The fourth-order valence-corrected chi connectivity index (χ4v) is 1.58. The van der Waals surface area contributed by atoms with E-state index in [2.05, 4.69) is 11.9 Å². The molecule has 0 aliphatic rings. The quantitative estimate of drug-likeness (QED) is 0.541. The van der Waals surface area contributed by atoms with Crippen molar-refractivity contribution in [3.8, 4) is 0 Å². The third-order valence-electron chi connectivity index (χ3n) is 2.55. The molecule has 0 fully saturated rings. The lowest BCUT2D eigenvalue weighted by molar-refractivity contribution is 0.0491. The van der Waals surface area contributed by atoms with E-state index < -0.39 is 0 Å². The van der Waals surface area contributed by atoms with Crippen molar-refractivity contribution in [2.45, 2.75) is 45.4 Å². The maximum absolute atomic E-state index is 11.4. The van der Waals surface area contributed by atoms with Crippen molar-refractivity contribution in [2.75, 3.05) is 6.61 Å². The monoisotopic (exact) mass is 223 g/mol. The molecule has 0 aliphatic carbocycles. The number of ether oxygens (including phenoxy) is 1. The summed E-state index contributed by atoms with van der Waals surface area (Å²) in [6, 6.07) is 3.52. The van der Waals surface area contributed by atoms with Crippen molar-refractivity contribution in [1.82, 2.24) is 4.98 Å². The van der Waals surface area contributed by atoms with Crippen LogP contribution in [0, 0.1) is 0 Å². The second-order valence-corrected chi connectivity index (χ2v) is 3.99. The van der Waals surface area contributed by atoms with Gasteiger partial charge in [-0.05, 0) is 18.6 Å². The molecule has 0 spiro atoms. The Bertz CT molecular complexity index is 280. The lowest BCUT2D eigenvalue weighted by Gasteiger charge is -2.03. The van der Waals surface area contributed by atoms with E-state index in [4.69, 9.17) is 4.74 Å². The van der Waals surface area contributed by atoms with Crippen LogP contribution in [0.2, 0.25) is 0 Å².